The lowest BCUT2D eigenvalue weighted by Gasteiger charge is -2.38. The number of aliphatic hydroxyl groups is 3. The quantitative estimate of drug-likeness (QED) is 0.186. The fourth-order valence-electron chi connectivity index (χ4n) is 3.99. The van der Waals surface area contributed by atoms with E-state index in [1.807, 2.05) is 27.7 Å². The third kappa shape index (κ3) is 12.4. The molecule has 37 heavy (non-hydrogen) atoms. The fraction of sp³-hybridized carbons (Fsp3) is 0.923. The molecule has 1 fully saturated rings. The molecule has 0 radical (unpaired) electrons. The molecule has 0 aromatic rings. The Morgan fingerprint density at radius 3 is 2.16 bits per heavy atom. The largest absolute Gasteiger partial charge is 0.394 e. The van der Waals surface area contributed by atoms with Gasteiger partial charge in [0.1, 0.15) is 18.8 Å². The number of nitrogens with one attached hydrogen (secondary N) is 2. The highest BCUT2D eigenvalue weighted by atomic mass is 16.8. The van der Waals surface area contributed by atoms with Crippen molar-refractivity contribution in [3.05, 3.63) is 0 Å². The molecule has 0 aromatic heterocycles. The Morgan fingerprint density at radius 2 is 1.59 bits per heavy atom. The summed E-state index contributed by atoms with van der Waals surface area (Å²) >= 11 is 0. The lowest BCUT2D eigenvalue weighted by atomic mass is 9.91. The number of amides is 2. The highest BCUT2D eigenvalue weighted by Gasteiger charge is 2.39. The first kappa shape index (κ1) is 33.7. The molecule has 0 spiro atoms. The maximum absolute atomic E-state index is 12.7. The summed E-state index contributed by atoms with van der Waals surface area (Å²) in [6, 6.07) is -1.01. The zero-order chi connectivity index (χ0) is 28.3. The average Bonchev–Trinajstić information content (AvgIpc) is 2.81. The Bertz CT molecular complexity index is 704. The number of ether oxygens (including phenoxy) is 4. The van der Waals surface area contributed by atoms with Crippen molar-refractivity contribution in [2.45, 2.75) is 128 Å². The number of aliphatic hydroxyl groups excluding tert-OH is 3. The molecule has 0 bridgehead atoms. The van der Waals surface area contributed by atoms with E-state index < -0.39 is 55.0 Å². The zero-order valence-corrected chi connectivity index (χ0v) is 23.7. The van der Waals surface area contributed by atoms with Crippen LogP contribution in [-0.4, -0.2) is 95.0 Å². The predicted molar refractivity (Wildman–Crippen MR) is 138 cm³/mol. The molecule has 1 aliphatic rings. The minimum absolute atomic E-state index is 0.0398. The molecule has 0 aromatic carbocycles. The van der Waals surface area contributed by atoms with E-state index in [2.05, 4.69) is 31.4 Å². The predicted octanol–water partition coefficient (Wildman–Crippen LogP) is 1.36. The van der Waals surface area contributed by atoms with Crippen molar-refractivity contribution in [2.24, 2.45) is 0 Å². The number of hydrogen-bond acceptors (Lipinski definition) is 9. The minimum atomic E-state index is -1.45. The van der Waals surface area contributed by atoms with Crippen LogP contribution < -0.4 is 10.6 Å². The molecule has 11 heteroatoms. The van der Waals surface area contributed by atoms with Gasteiger partial charge in [0.15, 0.2) is 12.6 Å². The van der Waals surface area contributed by atoms with Crippen molar-refractivity contribution < 1.29 is 43.9 Å². The van der Waals surface area contributed by atoms with E-state index in [0.717, 1.165) is 25.7 Å². The molecule has 4 unspecified atom stereocenters. The van der Waals surface area contributed by atoms with E-state index in [-0.39, 0.29) is 24.5 Å². The van der Waals surface area contributed by atoms with E-state index >= 15 is 0 Å². The van der Waals surface area contributed by atoms with E-state index in [9.17, 15) is 19.8 Å². The summed E-state index contributed by atoms with van der Waals surface area (Å²) in [5.41, 5.74) is -1.59. The SMILES string of the molecule is CCCCC(C)(CC)NC(=O)CC(C)(C)OCCC(C)(C)OCC(=O)NC1C(O)OC(CO)O[C@H]1CO. The zero-order valence-electron chi connectivity index (χ0n) is 23.7. The van der Waals surface area contributed by atoms with Crippen LogP contribution in [0, 0.1) is 0 Å². The van der Waals surface area contributed by atoms with Crippen LogP contribution >= 0.6 is 0 Å². The third-order valence-electron chi connectivity index (χ3n) is 6.66. The Balaban J connectivity index is 2.47. The van der Waals surface area contributed by atoms with Crippen molar-refractivity contribution in [2.75, 3.05) is 26.4 Å². The molecule has 0 saturated carbocycles. The first-order valence-electron chi connectivity index (χ1n) is 13.3. The average molecular weight is 535 g/mol. The smallest absolute Gasteiger partial charge is 0.246 e. The van der Waals surface area contributed by atoms with Crippen LogP contribution in [0.4, 0.5) is 0 Å². The molecular weight excluding hydrogens is 484 g/mol. The van der Waals surface area contributed by atoms with Gasteiger partial charge in [0, 0.05) is 5.54 Å². The molecular formula is C26H50N2O9. The molecule has 2 amide bonds. The van der Waals surface area contributed by atoms with Crippen LogP contribution in [0.2, 0.25) is 0 Å². The van der Waals surface area contributed by atoms with Crippen molar-refractivity contribution in [1.29, 1.82) is 0 Å². The van der Waals surface area contributed by atoms with Crippen LogP contribution in [0.5, 0.6) is 0 Å². The summed E-state index contributed by atoms with van der Waals surface area (Å²) in [5.74, 6) is -0.563. The van der Waals surface area contributed by atoms with Crippen LogP contribution in [-0.2, 0) is 28.5 Å². The van der Waals surface area contributed by atoms with Gasteiger partial charge in [-0.1, -0.05) is 26.7 Å². The molecule has 1 aliphatic heterocycles. The summed E-state index contributed by atoms with van der Waals surface area (Å²) in [7, 11) is 0. The molecule has 1 saturated heterocycles. The van der Waals surface area contributed by atoms with E-state index in [4.69, 9.17) is 24.1 Å². The molecule has 11 nitrogen and oxygen atoms in total. The van der Waals surface area contributed by atoms with Crippen molar-refractivity contribution >= 4 is 11.8 Å². The first-order valence-corrected chi connectivity index (χ1v) is 13.3. The van der Waals surface area contributed by atoms with Gasteiger partial charge >= 0.3 is 0 Å². The molecule has 5 N–H and O–H groups in total. The molecule has 1 rings (SSSR count). The monoisotopic (exact) mass is 534 g/mol. The van der Waals surface area contributed by atoms with Gasteiger partial charge in [0.2, 0.25) is 11.8 Å². The normalized spacial score (nSPS) is 24.4. The van der Waals surface area contributed by atoms with Gasteiger partial charge in [-0.15, -0.1) is 0 Å². The topological polar surface area (TPSA) is 156 Å². The molecule has 5 atom stereocenters. The number of carbonyl (C=O) groups excluding carboxylic acids is 2. The second-order valence-electron chi connectivity index (χ2n) is 11.2. The first-order chi connectivity index (χ1) is 17.2. The summed E-state index contributed by atoms with van der Waals surface area (Å²) in [4.78, 5) is 25.1. The Kier molecular flexibility index (Phi) is 13.9. The van der Waals surface area contributed by atoms with Gasteiger partial charge in [-0.3, -0.25) is 9.59 Å². The van der Waals surface area contributed by atoms with E-state index in [1.54, 1.807) is 0 Å². The van der Waals surface area contributed by atoms with Crippen LogP contribution in [0.25, 0.3) is 0 Å². The fourth-order valence-corrected chi connectivity index (χ4v) is 3.99. The number of hydrogen-bond donors (Lipinski definition) is 5. The summed E-state index contributed by atoms with van der Waals surface area (Å²) in [6.07, 6.45) is 1.19. The standard InChI is InChI=1S/C26H50N2O9/c1-8-10-11-26(7,9-2)28-19(31)14-25(5,6)34-13-12-24(3,4)35-17-20(32)27-22-18(15-29)36-21(16-30)37-23(22)33/h18,21-23,29-30,33H,8-17H2,1-7H3,(H,27,32)(H,28,31)/t18-,21?,22?,23?,26?/m0/s1. The Morgan fingerprint density at radius 1 is 0.919 bits per heavy atom. The second kappa shape index (κ2) is 15.3. The summed E-state index contributed by atoms with van der Waals surface area (Å²) in [5, 5.41) is 34.4. The second-order valence-corrected chi connectivity index (χ2v) is 11.2. The van der Waals surface area contributed by atoms with Gasteiger partial charge in [-0.2, -0.15) is 0 Å². The van der Waals surface area contributed by atoms with Crippen molar-refractivity contribution in [1.82, 2.24) is 10.6 Å². The highest BCUT2D eigenvalue weighted by Crippen LogP contribution is 2.23. The van der Waals surface area contributed by atoms with Gasteiger partial charge in [-0.05, 0) is 53.9 Å². The Labute approximate surface area is 221 Å². The molecule has 0 aliphatic carbocycles. The molecule has 1 heterocycles. The van der Waals surface area contributed by atoms with Crippen LogP contribution in [0.3, 0.4) is 0 Å². The number of unbranched alkanes of at least 4 members (excludes halogenated alkanes) is 1. The maximum atomic E-state index is 12.7. The van der Waals surface area contributed by atoms with Crippen molar-refractivity contribution in [3.63, 3.8) is 0 Å². The van der Waals surface area contributed by atoms with Crippen molar-refractivity contribution in [3.8, 4) is 0 Å². The molecule has 218 valence electrons. The van der Waals surface area contributed by atoms with Gasteiger partial charge in [0.25, 0.3) is 0 Å². The van der Waals surface area contributed by atoms with E-state index in [0.29, 0.717) is 13.0 Å². The highest BCUT2D eigenvalue weighted by molar-refractivity contribution is 5.78. The van der Waals surface area contributed by atoms with Crippen LogP contribution in [0.15, 0.2) is 0 Å². The summed E-state index contributed by atoms with van der Waals surface area (Å²) < 4.78 is 22.1. The van der Waals surface area contributed by atoms with Crippen LogP contribution in [0.1, 0.15) is 87.0 Å². The lowest BCUT2D eigenvalue weighted by Crippen LogP contribution is -2.60. The Hall–Kier alpha value is -1.34. The summed E-state index contributed by atoms with van der Waals surface area (Å²) in [6.45, 7) is 12.8. The number of carbonyl (C=O) groups is 2. The van der Waals surface area contributed by atoms with Gasteiger partial charge in [-0.25, -0.2) is 0 Å². The van der Waals surface area contributed by atoms with E-state index in [1.165, 1.54) is 0 Å². The van der Waals surface area contributed by atoms with Gasteiger partial charge < -0.3 is 44.9 Å². The lowest BCUT2D eigenvalue weighted by molar-refractivity contribution is -0.316. The minimum Gasteiger partial charge on any atom is -0.394 e. The van der Waals surface area contributed by atoms with Gasteiger partial charge in [0.05, 0.1) is 37.4 Å². The number of rotatable bonds is 17. The third-order valence-corrected chi connectivity index (χ3v) is 6.66. The maximum Gasteiger partial charge on any atom is 0.246 e.